The number of amides is 1. The summed E-state index contributed by atoms with van der Waals surface area (Å²) in [6, 6.07) is 10.2. The van der Waals surface area contributed by atoms with Crippen molar-refractivity contribution in [3.63, 3.8) is 0 Å². The molecule has 174 valence electrons. The van der Waals surface area contributed by atoms with Crippen LogP contribution in [0.4, 0.5) is 0 Å². The van der Waals surface area contributed by atoms with Crippen LogP contribution in [0.1, 0.15) is 31.7 Å². The van der Waals surface area contributed by atoms with E-state index >= 15 is 0 Å². The predicted molar refractivity (Wildman–Crippen MR) is 136 cm³/mol. The molecule has 1 heterocycles. The van der Waals surface area contributed by atoms with Gasteiger partial charge in [0.25, 0.3) is 0 Å². The van der Waals surface area contributed by atoms with Gasteiger partial charge < -0.3 is 15.5 Å². The van der Waals surface area contributed by atoms with Crippen LogP contribution in [-0.4, -0.2) is 69.9 Å². The van der Waals surface area contributed by atoms with Crippen molar-refractivity contribution in [2.45, 2.75) is 32.6 Å². The number of benzene rings is 1. The molecular weight excluding hydrogens is 527 g/mol. The molecule has 1 aromatic carbocycles. The lowest BCUT2D eigenvalue weighted by Gasteiger charge is -2.18. The fourth-order valence-electron chi connectivity index (χ4n) is 4.03. The molecule has 7 nitrogen and oxygen atoms in total. The highest BCUT2D eigenvalue weighted by atomic mass is 127. The lowest BCUT2D eigenvalue weighted by molar-refractivity contribution is -0.127. The van der Waals surface area contributed by atoms with E-state index in [0.717, 1.165) is 38.9 Å². The molecule has 2 aliphatic rings. The van der Waals surface area contributed by atoms with E-state index in [1.165, 1.54) is 11.8 Å². The third-order valence-corrected chi connectivity index (χ3v) is 6.95. The van der Waals surface area contributed by atoms with Crippen LogP contribution >= 0.6 is 24.0 Å². The van der Waals surface area contributed by atoms with Crippen molar-refractivity contribution < 1.29 is 13.2 Å². The maximum absolute atomic E-state index is 12.4. The van der Waals surface area contributed by atoms with Crippen LogP contribution in [-0.2, 0) is 21.1 Å². The molecule has 1 saturated heterocycles. The van der Waals surface area contributed by atoms with Crippen molar-refractivity contribution in [1.29, 1.82) is 0 Å². The summed E-state index contributed by atoms with van der Waals surface area (Å²) in [4.78, 5) is 19.0. The number of sulfone groups is 1. The first-order valence-corrected chi connectivity index (χ1v) is 12.9. The van der Waals surface area contributed by atoms with Crippen molar-refractivity contribution in [2.75, 3.05) is 44.7 Å². The summed E-state index contributed by atoms with van der Waals surface area (Å²) in [6.07, 6.45) is 4.55. The van der Waals surface area contributed by atoms with E-state index in [9.17, 15) is 13.2 Å². The lowest BCUT2D eigenvalue weighted by atomic mass is 10.1. The highest BCUT2D eigenvalue weighted by molar-refractivity contribution is 14.0. The third-order valence-electron chi connectivity index (χ3n) is 5.81. The first-order valence-electron chi connectivity index (χ1n) is 10.8. The SMILES string of the molecule is CCNC(=NCC1(CS(C)(=O)=O)CC1)NCC1CC(=O)N(CCc2ccccc2)C1.I. The van der Waals surface area contributed by atoms with Gasteiger partial charge in [-0.1, -0.05) is 30.3 Å². The number of halogens is 1. The first-order chi connectivity index (χ1) is 14.3. The summed E-state index contributed by atoms with van der Waals surface area (Å²) in [5.41, 5.74) is 1.06. The van der Waals surface area contributed by atoms with E-state index in [4.69, 9.17) is 0 Å². The lowest BCUT2D eigenvalue weighted by Crippen LogP contribution is -2.41. The molecule has 1 aliphatic heterocycles. The minimum absolute atomic E-state index is 0. The molecule has 2 N–H and O–H groups in total. The number of rotatable bonds is 10. The van der Waals surface area contributed by atoms with Crippen molar-refractivity contribution in [3.8, 4) is 0 Å². The largest absolute Gasteiger partial charge is 0.357 e. The number of nitrogens with one attached hydrogen (secondary N) is 2. The number of likely N-dealkylation sites (tertiary alicyclic amines) is 1. The quantitative estimate of drug-likeness (QED) is 0.259. The van der Waals surface area contributed by atoms with Gasteiger partial charge >= 0.3 is 0 Å². The molecule has 1 unspecified atom stereocenters. The molecule has 0 aromatic heterocycles. The van der Waals surface area contributed by atoms with Crippen LogP contribution in [0, 0.1) is 11.3 Å². The van der Waals surface area contributed by atoms with Crippen molar-refractivity contribution in [2.24, 2.45) is 16.3 Å². The van der Waals surface area contributed by atoms with Crippen molar-refractivity contribution in [3.05, 3.63) is 35.9 Å². The Balaban J connectivity index is 0.00000341. The minimum atomic E-state index is -3.00. The van der Waals surface area contributed by atoms with Crippen LogP contribution in [0.5, 0.6) is 0 Å². The molecule has 1 atom stereocenters. The molecule has 2 fully saturated rings. The Morgan fingerprint density at radius 3 is 2.55 bits per heavy atom. The van der Waals surface area contributed by atoms with Gasteiger partial charge in [-0.05, 0) is 31.7 Å². The number of hydrogen-bond acceptors (Lipinski definition) is 4. The van der Waals surface area contributed by atoms with Crippen LogP contribution in [0.2, 0.25) is 0 Å². The fourth-order valence-corrected chi connectivity index (χ4v) is 5.52. The topological polar surface area (TPSA) is 90.9 Å². The monoisotopic (exact) mass is 562 g/mol. The molecule has 0 spiro atoms. The Labute approximate surface area is 203 Å². The van der Waals surface area contributed by atoms with E-state index in [1.807, 2.05) is 30.0 Å². The van der Waals surface area contributed by atoms with E-state index in [-0.39, 0.29) is 47.0 Å². The molecule has 1 saturated carbocycles. The Kier molecular flexibility index (Phi) is 9.60. The van der Waals surface area contributed by atoms with Gasteiger partial charge in [-0.2, -0.15) is 0 Å². The van der Waals surface area contributed by atoms with E-state index in [2.05, 4.69) is 27.8 Å². The number of nitrogens with zero attached hydrogens (tertiary/aromatic N) is 2. The maximum atomic E-state index is 12.4. The van der Waals surface area contributed by atoms with Gasteiger partial charge in [-0.15, -0.1) is 24.0 Å². The van der Waals surface area contributed by atoms with Crippen LogP contribution < -0.4 is 10.6 Å². The zero-order chi connectivity index (χ0) is 21.6. The highest BCUT2D eigenvalue weighted by Crippen LogP contribution is 2.46. The summed E-state index contributed by atoms with van der Waals surface area (Å²) >= 11 is 0. The summed E-state index contributed by atoms with van der Waals surface area (Å²) in [6.45, 7) is 5.45. The number of hydrogen-bond donors (Lipinski definition) is 2. The normalized spacial score (nSPS) is 20.3. The van der Waals surface area contributed by atoms with Crippen LogP contribution in [0.25, 0.3) is 0 Å². The summed E-state index contributed by atoms with van der Waals surface area (Å²) in [7, 11) is -3.00. The second-order valence-corrected chi connectivity index (χ2v) is 10.9. The molecule has 1 aliphatic carbocycles. The second-order valence-electron chi connectivity index (χ2n) is 8.79. The second kappa shape index (κ2) is 11.5. The average Bonchev–Trinajstić information content (AvgIpc) is 3.35. The Morgan fingerprint density at radius 2 is 1.94 bits per heavy atom. The van der Waals surface area contributed by atoms with Gasteiger partial charge in [0.2, 0.25) is 5.91 Å². The Bertz CT molecular complexity index is 857. The third kappa shape index (κ3) is 8.59. The number of carbonyl (C=O) groups excluding carboxylic acids is 1. The van der Waals surface area contributed by atoms with Gasteiger partial charge in [-0.25, -0.2) is 8.42 Å². The molecule has 31 heavy (non-hydrogen) atoms. The van der Waals surface area contributed by atoms with Gasteiger partial charge in [-0.3, -0.25) is 9.79 Å². The molecule has 0 bridgehead atoms. The smallest absolute Gasteiger partial charge is 0.223 e. The molecule has 1 amide bonds. The fraction of sp³-hybridized carbons (Fsp3) is 0.636. The zero-order valence-corrected chi connectivity index (χ0v) is 21.6. The highest BCUT2D eigenvalue weighted by Gasteiger charge is 2.45. The van der Waals surface area contributed by atoms with Crippen molar-refractivity contribution >= 4 is 45.7 Å². The van der Waals surface area contributed by atoms with Crippen LogP contribution in [0.15, 0.2) is 35.3 Å². The average molecular weight is 563 g/mol. The summed E-state index contributed by atoms with van der Waals surface area (Å²) < 4.78 is 23.3. The standard InChI is InChI=1S/C22H34N4O3S.HI/c1-3-23-21(25-16-22(10-11-22)17-30(2,28)29)24-14-19-13-20(27)26(15-19)12-9-18-7-5-4-6-8-18;/h4-8,19H,3,9-17H2,1-2H3,(H2,23,24,25);1H. The van der Waals surface area contributed by atoms with Gasteiger partial charge in [0.1, 0.15) is 9.84 Å². The molecule has 3 rings (SSSR count). The number of guanidine groups is 1. The van der Waals surface area contributed by atoms with Gasteiger partial charge in [0, 0.05) is 56.7 Å². The minimum Gasteiger partial charge on any atom is -0.357 e. The van der Waals surface area contributed by atoms with Gasteiger partial charge in [0.15, 0.2) is 5.96 Å². The van der Waals surface area contributed by atoms with Gasteiger partial charge in [0.05, 0.1) is 5.75 Å². The molecular formula is C22H35IN4O3S. The van der Waals surface area contributed by atoms with E-state index in [1.54, 1.807) is 0 Å². The molecule has 1 aromatic rings. The van der Waals surface area contributed by atoms with E-state index in [0.29, 0.717) is 25.5 Å². The van der Waals surface area contributed by atoms with Crippen molar-refractivity contribution in [1.82, 2.24) is 15.5 Å². The first kappa shape index (κ1) is 25.9. The summed E-state index contributed by atoms with van der Waals surface area (Å²) in [5.74, 6) is 1.37. The predicted octanol–water partition coefficient (Wildman–Crippen LogP) is 2.08. The van der Waals surface area contributed by atoms with Crippen LogP contribution in [0.3, 0.4) is 0 Å². The Hall–Kier alpha value is -1.36. The number of carbonyl (C=O) groups is 1. The Morgan fingerprint density at radius 1 is 1.23 bits per heavy atom. The number of aliphatic imine (C=N–C) groups is 1. The zero-order valence-electron chi connectivity index (χ0n) is 18.5. The summed E-state index contributed by atoms with van der Waals surface area (Å²) in [5, 5.41) is 6.58. The maximum Gasteiger partial charge on any atom is 0.223 e. The molecule has 9 heteroatoms. The van der Waals surface area contributed by atoms with E-state index < -0.39 is 9.84 Å². The molecule has 0 radical (unpaired) electrons.